The second-order valence-electron chi connectivity index (χ2n) is 2.30. The molecule has 4 nitrogen and oxygen atoms in total. The topological polar surface area (TPSA) is 55.1 Å². The van der Waals surface area contributed by atoms with Crippen LogP contribution in [0.4, 0.5) is 0 Å². The van der Waals surface area contributed by atoms with Crippen molar-refractivity contribution >= 4 is 5.97 Å². The van der Waals surface area contributed by atoms with Crippen LogP contribution in [0.1, 0.15) is 36.3 Å². The number of nitrogens with zero attached hydrogens (tertiary/aromatic N) is 2. The van der Waals surface area contributed by atoms with Crippen LogP contribution in [0.2, 0.25) is 0 Å². The van der Waals surface area contributed by atoms with Crippen molar-refractivity contribution in [3.05, 3.63) is 17.5 Å². The van der Waals surface area contributed by atoms with Crippen molar-refractivity contribution in [2.45, 2.75) is 19.6 Å². The van der Waals surface area contributed by atoms with Gasteiger partial charge in [0.1, 0.15) is 5.69 Å². The molecule has 0 aromatic carbocycles. The number of carbonyl (C=O) groups is 1. The van der Waals surface area contributed by atoms with Gasteiger partial charge in [0.05, 0.1) is 5.69 Å². The van der Waals surface area contributed by atoms with E-state index in [1.54, 1.807) is 0 Å². The molecule has 1 heterocycles. The van der Waals surface area contributed by atoms with Crippen molar-refractivity contribution in [2.75, 3.05) is 0 Å². The Labute approximate surface area is 77.8 Å². The van der Waals surface area contributed by atoms with Crippen LogP contribution in [0.15, 0.2) is 6.07 Å². The lowest BCUT2D eigenvalue weighted by molar-refractivity contribution is 0.0685. The van der Waals surface area contributed by atoms with Crippen molar-refractivity contribution in [3.63, 3.8) is 0 Å². The van der Waals surface area contributed by atoms with Gasteiger partial charge >= 0.3 is 5.97 Å². The number of rotatable bonds is 3. The summed E-state index contributed by atoms with van der Waals surface area (Å²) in [4.78, 5) is 10.7. The Bertz CT molecular complexity index is 438. The third kappa shape index (κ3) is 1.64. The predicted octanol–water partition coefficient (Wildman–Crippen LogP) is 1.07. The van der Waals surface area contributed by atoms with Gasteiger partial charge in [-0.05, 0) is 12.5 Å². The Hall–Kier alpha value is -1.32. The van der Waals surface area contributed by atoms with E-state index in [1.165, 1.54) is 13.1 Å². The van der Waals surface area contributed by atoms with E-state index < -0.39 is 25.6 Å². The molecule has 0 atom stereocenters. The number of carboxylic acids is 1. The smallest absolute Gasteiger partial charge is 0.354 e. The van der Waals surface area contributed by atoms with Crippen LogP contribution < -0.4 is 0 Å². The van der Waals surface area contributed by atoms with Gasteiger partial charge in [-0.3, -0.25) is 4.68 Å². The number of aromatic nitrogens is 2. The van der Waals surface area contributed by atoms with Gasteiger partial charge in [0.25, 0.3) is 0 Å². The molecule has 0 spiro atoms. The van der Waals surface area contributed by atoms with E-state index in [0.29, 0.717) is 0 Å². The van der Waals surface area contributed by atoms with Crippen molar-refractivity contribution in [1.82, 2.24) is 9.78 Å². The minimum atomic E-state index is -2.77. The summed E-state index contributed by atoms with van der Waals surface area (Å²) in [5, 5.41) is 12.5. The zero-order valence-corrected chi connectivity index (χ0v) is 6.53. The summed E-state index contributed by atoms with van der Waals surface area (Å²) in [6.45, 7) is -2.77. The van der Waals surface area contributed by atoms with E-state index in [1.807, 2.05) is 0 Å². The van der Waals surface area contributed by atoms with Gasteiger partial charge in [-0.1, -0.05) is 13.2 Å². The summed E-state index contributed by atoms with van der Waals surface area (Å²) in [7, 11) is 1.40. The maximum atomic E-state index is 10.7. The van der Waals surface area contributed by atoms with Crippen LogP contribution in [0.5, 0.6) is 0 Å². The molecular weight excluding hydrogens is 156 g/mol. The monoisotopic (exact) mass is 173 g/mol. The van der Waals surface area contributed by atoms with E-state index in [9.17, 15) is 4.79 Å². The van der Waals surface area contributed by atoms with Gasteiger partial charge in [0, 0.05) is 13.9 Å². The largest absolute Gasteiger partial charge is 0.477 e. The first kappa shape index (κ1) is 4.07. The maximum absolute atomic E-state index is 10.7. The molecule has 12 heavy (non-hydrogen) atoms. The van der Waals surface area contributed by atoms with Crippen LogP contribution >= 0.6 is 0 Å². The van der Waals surface area contributed by atoms with E-state index in [4.69, 9.17) is 12.0 Å². The minimum absolute atomic E-state index is 0.103. The SMILES string of the molecule is [2H]C([2H])([2H])C([2H])([2H])Cc1cc(C(=O)O)n(C)n1. The molecule has 0 radical (unpaired) electrons. The van der Waals surface area contributed by atoms with Gasteiger partial charge in [-0.15, -0.1) is 0 Å². The highest BCUT2D eigenvalue weighted by atomic mass is 16.4. The molecule has 0 bridgehead atoms. The fourth-order valence-electron chi connectivity index (χ4n) is 0.904. The van der Waals surface area contributed by atoms with Crippen LogP contribution in [-0.4, -0.2) is 20.9 Å². The zero-order valence-electron chi connectivity index (χ0n) is 11.5. The Balaban J connectivity index is 2.97. The number of aryl methyl sites for hydroxylation is 2. The van der Waals surface area contributed by atoms with Crippen molar-refractivity contribution < 1.29 is 16.8 Å². The Morgan fingerprint density at radius 3 is 3.25 bits per heavy atom. The molecule has 1 rings (SSSR count). The molecule has 4 heteroatoms. The number of aromatic carboxylic acids is 1. The molecule has 0 aliphatic heterocycles. The Kier molecular flexibility index (Phi) is 1.15. The fourth-order valence-corrected chi connectivity index (χ4v) is 0.904. The van der Waals surface area contributed by atoms with Crippen LogP contribution in [0.3, 0.4) is 0 Å². The molecule has 0 aliphatic carbocycles. The van der Waals surface area contributed by atoms with Crippen molar-refractivity contribution in [3.8, 4) is 0 Å². The maximum Gasteiger partial charge on any atom is 0.354 e. The quantitative estimate of drug-likeness (QED) is 0.743. The van der Waals surface area contributed by atoms with E-state index in [0.717, 1.165) is 4.68 Å². The first-order chi connectivity index (χ1) is 7.54. The molecule has 0 amide bonds. The molecule has 66 valence electrons. The molecule has 1 aromatic heterocycles. The van der Waals surface area contributed by atoms with Gasteiger partial charge < -0.3 is 5.11 Å². The summed E-state index contributed by atoms with van der Waals surface area (Å²) >= 11 is 0. The first-order valence-electron chi connectivity index (χ1n) is 5.81. The molecule has 1 aromatic rings. The lowest BCUT2D eigenvalue weighted by Gasteiger charge is -1.91. The van der Waals surface area contributed by atoms with E-state index in [-0.39, 0.29) is 11.4 Å². The van der Waals surface area contributed by atoms with Crippen LogP contribution in [-0.2, 0) is 13.5 Å². The highest BCUT2D eigenvalue weighted by molar-refractivity contribution is 5.85. The summed E-state index contributed by atoms with van der Waals surface area (Å²) in [6.07, 6.45) is -2.89. The molecule has 0 fully saturated rings. The second kappa shape index (κ2) is 3.38. The van der Waals surface area contributed by atoms with Gasteiger partial charge in [-0.2, -0.15) is 5.10 Å². The lowest BCUT2D eigenvalue weighted by Crippen LogP contribution is -2.04. The third-order valence-electron chi connectivity index (χ3n) is 1.42. The minimum Gasteiger partial charge on any atom is -0.477 e. The number of hydrogen-bond donors (Lipinski definition) is 1. The van der Waals surface area contributed by atoms with E-state index >= 15 is 0 Å². The Morgan fingerprint density at radius 2 is 2.75 bits per heavy atom. The van der Waals surface area contributed by atoms with Crippen LogP contribution in [0, 0.1) is 0 Å². The number of carboxylic acid groups (broad SMARTS) is 1. The van der Waals surface area contributed by atoms with E-state index in [2.05, 4.69) is 5.10 Å². The van der Waals surface area contributed by atoms with Gasteiger partial charge in [0.2, 0.25) is 0 Å². The van der Waals surface area contributed by atoms with Crippen LogP contribution in [0.25, 0.3) is 0 Å². The summed E-state index contributed by atoms with van der Waals surface area (Å²) in [5.74, 6) is -1.19. The molecule has 0 aliphatic rings. The third-order valence-corrected chi connectivity index (χ3v) is 1.42. The standard InChI is InChI=1S/C8H12N2O2/c1-3-4-6-5-7(8(11)12)10(2)9-6/h5H,3-4H2,1-2H3,(H,11,12)/i1D3,3D2. The van der Waals surface area contributed by atoms with Crippen molar-refractivity contribution in [2.24, 2.45) is 7.05 Å². The molecule has 0 saturated carbocycles. The lowest BCUT2D eigenvalue weighted by atomic mass is 10.2. The molecule has 1 N–H and O–H groups in total. The molecule has 0 unspecified atom stereocenters. The predicted molar refractivity (Wildman–Crippen MR) is 44.2 cm³/mol. The first-order valence-corrected chi connectivity index (χ1v) is 3.31. The average molecular weight is 173 g/mol. The second-order valence-corrected chi connectivity index (χ2v) is 2.30. The summed E-state index contributed by atoms with van der Waals surface area (Å²) in [5.41, 5.74) is -0.00707. The summed E-state index contributed by atoms with van der Waals surface area (Å²) < 4.78 is 37.0. The highest BCUT2D eigenvalue weighted by Gasteiger charge is 2.10. The molecular formula is C8H12N2O2. The fraction of sp³-hybridized carbons (Fsp3) is 0.500. The zero-order chi connectivity index (χ0) is 13.4. The Morgan fingerprint density at radius 1 is 2.00 bits per heavy atom. The van der Waals surface area contributed by atoms with Gasteiger partial charge in [0.15, 0.2) is 0 Å². The average Bonchev–Trinajstić information content (AvgIpc) is 2.43. The normalized spacial score (nSPS) is 18.6. The summed E-state index contributed by atoms with van der Waals surface area (Å²) in [6, 6.07) is 1.17. The molecule has 0 saturated heterocycles. The number of hydrogen-bond acceptors (Lipinski definition) is 2. The van der Waals surface area contributed by atoms with Crippen molar-refractivity contribution in [1.29, 1.82) is 0 Å². The van der Waals surface area contributed by atoms with Gasteiger partial charge in [-0.25, -0.2) is 4.79 Å². The highest BCUT2D eigenvalue weighted by Crippen LogP contribution is 2.04.